The molecule has 16 nitrogen and oxygen atoms in total. The van der Waals surface area contributed by atoms with Crippen molar-refractivity contribution in [1.29, 1.82) is 0 Å². The summed E-state index contributed by atoms with van der Waals surface area (Å²) >= 11 is 6.29. The highest BCUT2D eigenvalue weighted by Crippen LogP contribution is 2.52. The Labute approximate surface area is 361 Å². The Bertz CT molecular complexity index is 2970. The van der Waals surface area contributed by atoms with Crippen LogP contribution in [-0.2, 0) is 34.8 Å². The molecule has 2 aliphatic heterocycles. The molecule has 6 heterocycles. The van der Waals surface area contributed by atoms with E-state index in [1.165, 1.54) is 4.57 Å². The number of carbonyl (C=O) groups excluding carboxylic acids is 2. The van der Waals surface area contributed by atoms with Crippen LogP contribution in [0.3, 0.4) is 0 Å². The number of aryl methyl sites for hydroxylation is 4. The third-order valence-electron chi connectivity index (χ3n) is 12.0. The van der Waals surface area contributed by atoms with Gasteiger partial charge >= 0.3 is 0 Å². The minimum absolute atomic E-state index is 0.174. The Morgan fingerprint density at radius 3 is 2.42 bits per heavy atom. The Kier molecular flexibility index (Phi) is 10.1. The molecule has 1 aliphatic carbocycles. The number of piperidine rings is 1. The van der Waals surface area contributed by atoms with Crippen LogP contribution in [0.1, 0.15) is 91.7 Å². The predicted molar refractivity (Wildman–Crippen MR) is 233 cm³/mol. The minimum atomic E-state index is -0.774. The van der Waals surface area contributed by atoms with E-state index in [0.717, 1.165) is 108 Å². The maximum Gasteiger partial charge on any atom is 0.262 e. The van der Waals surface area contributed by atoms with Gasteiger partial charge in [-0.05, 0) is 94.0 Å². The summed E-state index contributed by atoms with van der Waals surface area (Å²) in [4.78, 5) is 47.7. The number of hydrogen-bond acceptors (Lipinski definition) is 11. The predicted octanol–water partition coefficient (Wildman–Crippen LogP) is 6.39. The third kappa shape index (κ3) is 7.48. The summed E-state index contributed by atoms with van der Waals surface area (Å²) in [6.45, 7) is 5.70. The summed E-state index contributed by atoms with van der Waals surface area (Å²) in [6, 6.07) is 19.0. The SMILES string of the molecule is Cc1nnc2n1-c1ccc(-c3cnn(CCCCCCn4cc(CNc5ccc6nc(C)n(C7CCC(=O)NC7=O)c(=O)c6c5)nn4)c3)cc1C(c1ccc(Cl)cc1)=NC21CC1. The number of aliphatic imine (C=N–C) groups is 1. The second kappa shape index (κ2) is 15.9. The summed E-state index contributed by atoms with van der Waals surface area (Å²) in [5.41, 5.74) is 7.47. The first kappa shape index (κ1) is 39.3. The van der Waals surface area contributed by atoms with Crippen molar-refractivity contribution in [2.45, 2.75) is 96.4 Å². The Hall–Kier alpha value is -6.81. The molecular weight excluding hydrogens is 806 g/mol. The topological polar surface area (TPSA) is 185 Å². The number of rotatable bonds is 13. The van der Waals surface area contributed by atoms with Crippen LogP contribution < -0.4 is 16.2 Å². The molecule has 1 saturated heterocycles. The number of anilines is 1. The van der Waals surface area contributed by atoms with Crippen LogP contribution in [-0.4, -0.2) is 66.6 Å². The number of unbranched alkanes of at least 4 members (excludes halogenated alkanes) is 3. The maximum atomic E-state index is 13.5. The number of nitrogens with zero attached hydrogens (tertiary/aromatic N) is 11. The minimum Gasteiger partial charge on any atom is -0.379 e. The highest BCUT2D eigenvalue weighted by Gasteiger charge is 2.51. The van der Waals surface area contributed by atoms with Gasteiger partial charge in [0.1, 0.15) is 28.9 Å². The van der Waals surface area contributed by atoms with Gasteiger partial charge in [-0.25, -0.2) is 4.98 Å². The third-order valence-corrected chi connectivity index (χ3v) is 12.3. The number of halogens is 1. The molecular formula is C45H44ClN13O3. The summed E-state index contributed by atoms with van der Waals surface area (Å²) in [5.74, 6) is 1.35. The largest absolute Gasteiger partial charge is 0.379 e. The number of amides is 2. The van der Waals surface area contributed by atoms with E-state index in [4.69, 9.17) is 21.7 Å². The molecule has 62 heavy (non-hydrogen) atoms. The standard InChI is InChI=1S/C45H44ClN13O3/c1-27-49-37-13-12-33(22-35(37)43(62)58(27)39-15-16-40(60)50-42(39)61)47-24-34-26-57(55-53-34)20-6-4-3-5-19-56-25-31(23-48-56)30-9-14-38-36(21-30)41(29-7-10-32(46)11-8-29)51-45(17-18-45)44-54-52-28(2)59(38)44/h7-14,21-23,25-26,39,47H,3-6,15-20,24H2,1-2H3,(H,50,60,61). The highest BCUT2D eigenvalue weighted by atomic mass is 35.5. The first-order chi connectivity index (χ1) is 30.1. The van der Waals surface area contributed by atoms with Crippen molar-refractivity contribution >= 4 is 45.7 Å². The molecule has 7 aromatic rings. The lowest BCUT2D eigenvalue weighted by molar-refractivity contribution is -0.135. The van der Waals surface area contributed by atoms with Gasteiger partial charge in [-0.2, -0.15) is 5.10 Å². The molecule has 314 valence electrons. The average molecular weight is 850 g/mol. The molecule has 0 radical (unpaired) electrons. The van der Waals surface area contributed by atoms with Crippen molar-refractivity contribution < 1.29 is 9.59 Å². The summed E-state index contributed by atoms with van der Waals surface area (Å²) < 4.78 is 7.44. The van der Waals surface area contributed by atoms with Gasteiger partial charge in [-0.1, -0.05) is 47.9 Å². The summed E-state index contributed by atoms with van der Waals surface area (Å²) in [5, 5.41) is 29.2. The van der Waals surface area contributed by atoms with Crippen molar-refractivity contribution in [2.24, 2.45) is 4.99 Å². The highest BCUT2D eigenvalue weighted by molar-refractivity contribution is 6.30. The Morgan fingerprint density at radius 2 is 1.63 bits per heavy atom. The van der Waals surface area contributed by atoms with E-state index in [0.29, 0.717) is 28.3 Å². The molecule has 17 heteroatoms. The van der Waals surface area contributed by atoms with Gasteiger partial charge in [-0.3, -0.25) is 43.2 Å². The van der Waals surface area contributed by atoms with Gasteiger partial charge in [0.15, 0.2) is 5.82 Å². The van der Waals surface area contributed by atoms with E-state index in [-0.39, 0.29) is 29.8 Å². The molecule has 2 N–H and O–H groups in total. The smallest absolute Gasteiger partial charge is 0.262 e. The number of aromatic nitrogens is 10. The normalized spacial score (nSPS) is 16.5. The van der Waals surface area contributed by atoms with Gasteiger partial charge in [0.05, 0.1) is 41.2 Å². The lowest BCUT2D eigenvalue weighted by Crippen LogP contribution is -2.45. The van der Waals surface area contributed by atoms with E-state index in [1.807, 2.05) is 59.0 Å². The quantitative estimate of drug-likeness (QED) is 0.0973. The first-order valence-electron chi connectivity index (χ1n) is 21.1. The average Bonchev–Trinajstić information content (AvgIpc) is 3.53. The van der Waals surface area contributed by atoms with Crippen LogP contribution in [0.2, 0.25) is 5.02 Å². The van der Waals surface area contributed by atoms with E-state index in [9.17, 15) is 14.4 Å². The van der Waals surface area contributed by atoms with Gasteiger partial charge in [0.25, 0.3) is 5.56 Å². The van der Waals surface area contributed by atoms with E-state index < -0.39 is 11.9 Å². The number of fused-ring (bicyclic) bond motifs is 5. The lowest BCUT2D eigenvalue weighted by atomic mass is 9.96. The van der Waals surface area contributed by atoms with Crippen LogP contribution in [0.5, 0.6) is 0 Å². The van der Waals surface area contributed by atoms with Crippen LogP contribution >= 0.6 is 11.6 Å². The molecule has 2 amide bonds. The van der Waals surface area contributed by atoms with Crippen molar-refractivity contribution in [3.63, 3.8) is 0 Å². The van der Waals surface area contributed by atoms with Gasteiger partial charge in [0, 0.05) is 53.1 Å². The van der Waals surface area contributed by atoms with Crippen LogP contribution in [0, 0.1) is 13.8 Å². The van der Waals surface area contributed by atoms with Gasteiger partial charge in [-0.15, -0.1) is 15.3 Å². The molecule has 3 aromatic carbocycles. The molecule has 1 unspecified atom stereocenters. The molecule has 1 saturated carbocycles. The zero-order valence-electron chi connectivity index (χ0n) is 34.4. The maximum absolute atomic E-state index is 13.5. The fourth-order valence-corrected chi connectivity index (χ4v) is 8.76. The molecule has 10 rings (SSSR count). The monoisotopic (exact) mass is 849 g/mol. The molecule has 2 fully saturated rings. The molecule has 1 spiro atoms. The van der Waals surface area contributed by atoms with Gasteiger partial charge in [0.2, 0.25) is 11.8 Å². The van der Waals surface area contributed by atoms with Crippen LogP contribution in [0.25, 0.3) is 27.7 Å². The van der Waals surface area contributed by atoms with Crippen LogP contribution in [0.15, 0.2) is 89.0 Å². The fraction of sp³-hybridized carbons (Fsp3) is 0.333. The molecule has 0 bridgehead atoms. The number of hydrogen-bond donors (Lipinski definition) is 2. The Balaban J connectivity index is 0.730. The van der Waals surface area contributed by atoms with Crippen molar-refractivity contribution in [3.05, 3.63) is 129 Å². The van der Waals surface area contributed by atoms with E-state index in [2.05, 4.69) is 65.1 Å². The van der Waals surface area contributed by atoms with Crippen molar-refractivity contribution in [2.75, 3.05) is 5.32 Å². The number of imide groups is 1. The summed E-state index contributed by atoms with van der Waals surface area (Å²) in [7, 11) is 0. The molecule has 3 aliphatic rings. The Morgan fingerprint density at radius 1 is 0.839 bits per heavy atom. The second-order valence-corrected chi connectivity index (χ2v) is 16.8. The fourth-order valence-electron chi connectivity index (χ4n) is 8.63. The zero-order chi connectivity index (χ0) is 42.5. The first-order valence-corrected chi connectivity index (χ1v) is 21.5. The van der Waals surface area contributed by atoms with Gasteiger partial charge < -0.3 is 5.32 Å². The number of carbonyl (C=O) groups is 2. The lowest BCUT2D eigenvalue weighted by Gasteiger charge is -2.24. The van der Waals surface area contributed by atoms with E-state index >= 15 is 0 Å². The van der Waals surface area contributed by atoms with Crippen molar-refractivity contribution in [3.8, 4) is 16.8 Å². The van der Waals surface area contributed by atoms with Crippen molar-refractivity contribution in [1.82, 2.24) is 54.4 Å². The second-order valence-electron chi connectivity index (χ2n) is 16.4. The number of nitrogens with one attached hydrogen (secondary N) is 2. The zero-order valence-corrected chi connectivity index (χ0v) is 35.1. The van der Waals surface area contributed by atoms with E-state index in [1.54, 1.807) is 19.1 Å². The summed E-state index contributed by atoms with van der Waals surface area (Å²) in [6.07, 6.45) is 12.4. The van der Waals surface area contributed by atoms with Crippen LogP contribution in [0.4, 0.5) is 5.69 Å². The molecule has 1 atom stereocenters. The molecule has 4 aromatic heterocycles. The number of benzene rings is 3.